The van der Waals surface area contributed by atoms with E-state index in [-0.39, 0.29) is 18.4 Å². The van der Waals surface area contributed by atoms with Crippen LogP contribution in [0.1, 0.15) is 40.5 Å². The van der Waals surface area contributed by atoms with Gasteiger partial charge in [-0.3, -0.25) is 4.79 Å². The highest BCUT2D eigenvalue weighted by atomic mass is 16.6. The summed E-state index contributed by atoms with van der Waals surface area (Å²) in [7, 11) is 0. The maximum absolute atomic E-state index is 11.3. The third-order valence-electron chi connectivity index (χ3n) is 1.51. The SMILES string of the molecule is CCC(CC(=O)OC(C)(C)C)N=[N+]=[N-]. The van der Waals surface area contributed by atoms with Crippen LogP contribution in [-0.4, -0.2) is 17.6 Å². The van der Waals surface area contributed by atoms with Crippen molar-refractivity contribution in [1.29, 1.82) is 0 Å². The molecular weight excluding hydrogens is 182 g/mol. The van der Waals surface area contributed by atoms with Crippen LogP contribution >= 0.6 is 0 Å². The van der Waals surface area contributed by atoms with E-state index in [4.69, 9.17) is 10.3 Å². The molecule has 5 nitrogen and oxygen atoms in total. The van der Waals surface area contributed by atoms with Crippen LogP contribution in [-0.2, 0) is 9.53 Å². The van der Waals surface area contributed by atoms with Crippen LogP contribution in [0.4, 0.5) is 0 Å². The minimum absolute atomic E-state index is 0.151. The van der Waals surface area contributed by atoms with Gasteiger partial charge in [0.25, 0.3) is 0 Å². The molecule has 1 unspecified atom stereocenters. The molecule has 0 aromatic heterocycles. The lowest BCUT2D eigenvalue weighted by atomic mass is 10.1. The molecule has 0 aliphatic carbocycles. The van der Waals surface area contributed by atoms with Crippen molar-refractivity contribution >= 4 is 5.97 Å². The number of ether oxygens (including phenoxy) is 1. The minimum atomic E-state index is -0.480. The predicted octanol–water partition coefficient (Wildman–Crippen LogP) is 2.81. The molecule has 14 heavy (non-hydrogen) atoms. The van der Waals surface area contributed by atoms with Crippen LogP contribution in [0.2, 0.25) is 0 Å². The molecule has 0 spiro atoms. The summed E-state index contributed by atoms with van der Waals surface area (Å²) in [5, 5.41) is 3.49. The fourth-order valence-electron chi connectivity index (χ4n) is 0.915. The van der Waals surface area contributed by atoms with E-state index < -0.39 is 5.60 Å². The molecule has 0 aliphatic heterocycles. The zero-order chi connectivity index (χ0) is 11.2. The molecule has 0 radical (unpaired) electrons. The summed E-state index contributed by atoms with van der Waals surface area (Å²) in [4.78, 5) is 14.0. The van der Waals surface area contributed by atoms with Gasteiger partial charge >= 0.3 is 5.97 Å². The van der Waals surface area contributed by atoms with Crippen LogP contribution in [0.3, 0.4) is 0 Å². The number of rotatable bonds is 4. The van der Waals surface area contributed by atoms with E-state index in [0.717, 1.165) is 0 Å². The second-order valence-corrected chi connectivity index (χ2v) is 4.06. The van der Waals surface area contributed by atoms with Gasteiger partial charge in [-0.25, -0.2) is 0 Å². The highest BCUT2D eigenvalue weighted by molar-refractivity contribution is 5.70. The Morgan fingerprint density at radius 2 is 2.14 bits per heavy atom. The Hall–Kier alpha value is -1.22. The van der Waals surface area contributed by atoms with Gasteiger partial charge in [0.1, 0.15) is 5.60 Å². The monoisotopic (exact) mass is 199 g/mol. The van der Waals surface area contributed by atoms with Gasteiger partial charge in [-0.1, -0.05) is 12.0 Å². The Kier molecular flexibility index (Phi) is 5.02. The van der Waals surface area contributed by atoms with Crippen molar-refractivity contribution in [1.82, 2.24) is 0 Å². The summed E-state index contributed by atoms with van der Waals surface area (Å²) in [6, 6.07) is -0.296. The highest BCUT2D eigenvalue weighted by Gasteiger charge is 2.18. The van der Waals surface area contributed by atoms with Gasteiger partial charge in [-0.05, 0) is 32.7 Å². The average Bonchev–Trinajstić information content (AvgIpc) is 2.00. The first-order chi connectivity index (χ1) is 6.39. The lowest BCUT2D eigenvalue weighted by Gasteiger charge is -2.20. The Morgan fingerprint density at radius 3 is 2.50 bits per heavy atom. The van der Waals surface area contributed by atoms with Gasteiger partial charge in [0.2, 0.25) is 0 Å². The Bertz CT molecular complexity index is 239. The second kappa shape index (κ2) is 5.50. The van der Waals surface area contributed by atoms with E-state index in [1.54, 1.807) is 20.8 Å². The fraction of sp³-hybridized carbons (Fsp3) is 0.889. The van der Waals surface area contributed by atoms with Crippen LogP contribution in [0.25, 0.3) is 10.4 Å². The molecule has 0 aromatic carbocycles. The third kappa shape index (κ3) is 6.31. The molecule has 0 amide bonds. The van der Waals surface area contributed by atoms with Crippen LogP contribution in [0.15, 0.2) is 5.11 Å². The smallest absolute Gasteiger partial charge is 0.306 e. The molecular formula is C9H17N3O2. The zero-order valence-electron chi connectivity index (χ0n) is 9.15. The summed E-state index contributed by atoms with van der Waals surface area (Å²) < 4.78 is 5.09. The summed E-state index contributed by atoms with van der Waals surface area (Å²) in [6.45, 7) is 7.28. The number of esters is 1. The maximum atomic E-state index is 11.3. The molecule has 0 saturated carbocycles. The van der Waals surface area contributed by atoms with Crippen molar-refractivity contribution in [3.63, 3.8) is 0 Å². The number of hydrogen-bond acceptors (Lipinski definition) is 3. The first kappa shape index (κ1) is 12.8. The molecule has 80 valence electrons. The molecule has 1 atom stereocenters. The molecule has 0 fully saturated rings. The van der Waals surface area contributed by atoms with Gasteiger partial charge in [-0.15, -0.1) is 0 Å². The first-order valence-corrected chi connectivity index (χ1v) is 4.65. The molecule has 0 aromatic rings. The highest BCUT2D eigenvalue weighted by Crippen LogP contribution is 2.11. The lowest BCUT2D eigenvalue weighted by Crippen LogP contribution is -2.25. The van der Waals surface area contributed by atoms with Gasteiger partial charge in [0.15, 0.2) is 0 Å². The van der Waals surface area contributed by atoms with Crippen molar-refractivity contribution in [2.45, 2.75) is 52.2 Å². The number of hydrogen-bond donors (Lipinski definition) is 0. The molecule has 0 rings (SSSR count). The Balaban J connectivity index is 4.10. The molecule has 0 N–H and O–H groups in total. The first-order valence-electron chi connectivity index (χ1n) is 4.65. The number of carbonyl (C=O) groups excluding carboxylic acids is 1. The summed E-state index contributed by atoms with van der Waals surface area (Å²) in [5.74, 6) is -0.322. The number of carbonyl (C=O) groups is 1. The van der Waals surface area contributed by atoms with E-state index in [1.807, 2.05) is 6.92 Å². The van der Waals surface area contributed by atoms with Crippen molar-refractivity contribution in [3.8, 4) is 0 Å². The summed E-state index contributed by atoms with van der Waals surface area (Å²) in [5.41, 5.74) is 7.74. The van der Waals surface area contributed by atoms with Gasteiger partial charge in [-0.2, -0.15) is 0 Å². The Labute approximate surface area is 84.1 Å². The topological polar surface area (TPSA) is 75.1 Å². The third-order valence-corrected chi connectivity index (χ3v) is 1.51. The quantitative estimate of drug-likeness (QED) is 0.302. The number of azide groups is 1. The van der Waals surface area contributed by atoms with E-state index >= 15 is 0 Å². The fourth-order valence-corrected chi connectivity index (χ4v) is 0.915. The molecule has 0 bridgehead atoms. The maximum Gasteiger partial charge on any atom is 0.306 e. The second-order valence-electron chi connectivity index (χ2n) is 4.06. The van der Waals surface area contributed by atoms with E-state index in [2.05, 4.69) is 10.0 Å². The zero-order valence-corrected chi connectivity index (χ0v) is 9.15. The molecule has 0 saturated heterocycles. The van der Waals surface area contributed by atoms with Crippen molar-refractivity contribution in [2.75, 3.05) is 0 Å². The van der Waals surface area contributed by atoms with E-state index in [0.29, 0.717) is 6.42 Å². The number of nitrogens with zero attached hydrogens (tertiary/aromatic N) is 3. The van der Waals surface area contributed by atoms with Crippen LogP contribution in [0, 0.1) is 0 Å². The average molecular weight is 199 g/mol. The van der Waals surface area contributed by atoms with Crippen LogP contribution in [0.5, 0.6) is 0 Å². The van der Waals surface area contributed by atoms with Crippen molar-refractivity contribution in [3.05, 3.63) is 10.4 Å². The van der Waals surface area contributed by atoms with Gasteiger partial charge in [0, 0.05) is 11.0 Å². The largest absolute Gasteiger partial charge is 0.460 e. The standard InChI is InChI=1S/C9H17N3O2/c1-5-7(11-12-10)6-8(13)14-9(2,3)4/h7H,5-6H2,1-4H3. The van der Waals surface area contributed by atoms with Crippen molar-refractivity contribution < 1.29 is 9.53 Å². The minimum Gasteiger partial charge on any atom is -0.460 e. The summed E-state index contributed by atoms with van der Waals surface area (Å²) >= 11 is 0. The van der Waals surface area contributed by atoms with Crippen LogP contribution < -0.4 is 0 Å². The van der Waals surface area contributed by atoms with Crippen molar-refractivity contribution in [2.24, 2.45) is 5.11 Å². The van der Waals surface area contributed by atoms with E-state index in [1.165, 1.54) is 0 Å². The van der Waals surface area contributed by atoms with Gasteiger partial charge < -0.3 is 4.74 Å². The molecule has 0 heterocycles. The Morgan fingerprint density at radius 1 is 1.57 bits per heavy atom. The molecule has 5 heteroatoms. The van der Waals surface area contributed by atoms with E-state index in [9.17, 15) is 4.79 Å². The predicted molar refractivity (Wildman–Crippen MR) is 53.7 cm³/mol. The van der Waals surface area contributed by atoms with Gasteiger partial charge in [0.05, 0.1) is 6.42 Å². The molecule has 0 aliphatic rings. The normalized spacial score (nSPS) is 12.9. The lowest BCUT2D eigenvalue weighted by molar-refractivity contribution is -0.155. The summed E-state index contributed by atoms with van der Waals surface area (Å²) in [6.07, 6.45) is 0.793.